The van der Waals surface area contributed by atoms with Crippen LogP contribution in [0.2, 0.25) is 0 Å². The molecule has 0 unspecified atom stereocenters. The first-order chi connectivity index (χ1) is 9.83. The molecule has 108 valence electrons. The average molecular weight is 272 g/mol. The van der Waals surface area contributed by atoms with Gasteiger partial charge >= 0.3 is 0 Å². The smallest absolute Gasteiger partial charge is 0.191 e. The average Bonchev–Trinajstić information content (AvgIpc) is 3.02. The summed E-state index contributed by atoms with van der Waals surface area (Å²) >= 11 is 0. The Hall–Kier alpha value is -1.97. The molecule has 0 spiro atoms. The Balaban J connectivity index is 1.84. The molecule has 4 nitrogen and oxygen atoms in total. The van der Waals surface area contributed by atoms with E-state index >= 15 is 0 Å². The Morgan fingerprint density at radius 1 is 1.15 bits per heavy atom. The lowest BCUT2D eigenvalue weighted by Crippen LogP contribution is -2.37. The molecule has 0 radical (unpaired) electrons. The topological polar surface area (TPSA) is 39.7 Å². The third-order valence-corrected chi connectivity index (χ3v) is 3.35. The summed E-state index contributed by atoms with van der Waals surface area (Å²) in [6, 6.07) is 8.72. The van der Waals surface area contributed by atoms with Gasteiger partial charge in [0.15, 0.2) is 5.96 Å². The zero-order chi connectivity index (χ0) is 14.2. The Kier molecular flexibility index (Phi) is 5.47. The van der Waals surface area contributed by atoms with E-state index in [0.717, 1.165) is 38.6 Å². The Morgan fingerprint density at radius 3 is 2.45 bits per heavy atom. The lowest BCUT2D eigenvalue weighted by Gasteiger charge is -2.18. The van der Waals surface area contributed by atoms with Gasteiger partial charge in [-0.3, -0.25) is 4.99 Å². The summed E-state index contributed by atoms with van der Waals surface area (Å²) in [5.74, 6) is 0.861. The molecule has 0 saturated heterocycles. The van der Waals surface area contributed by atoms with Crippen LogP contribution in [0.15, 0.2) is 41.4 Å². The minimum Gasteiger partial charge on any atom is -0.364 e. The van der Waals surface area contributed by atoms with E-state index < -0.39 is 0 Å². The second-order valence-corrected chi connectivity index (χ2v) is 4.90. The van der Waals surface area contributed by atoms with E-state index in [1.165, 1.54) is 11.3 Å². The van der Waals surface area contributed by atoms with Crippen molar-refractivity contribution in [3.63, 3.8) is 0 Å². The minimum absolute atomic E-state index is 0.794. The van der Waals surface area contributed by atoms with E-state index in [0.29, 0.717) is 0 Å². The zero-order valence-corrected chi connectivity index (χ0v) is 12.4. The van der Waals surface area contributed by atoms with Gasteiger partial charge in [0.25, 0.3) is 0 Å². The molecule has 0 aromatic heterocycles. The molecular weight excluding hydrogens is 248 g/mol. The summed E-state index contributed by atoms with van der Waals surface area (Å²) < 4.78 is 0. The largest absolute Gasteiger partial charge is 0.364 e. The standard InChI is InChI=1S/C16H24N4/c1-3-10-18-16(17-2)19-13-14-6-8-15(9-7-14)20-11-4-5-12-20/h4-9H,3,10-13H2,1-2H3,(H2,17,18,19). The predicted molar refractivity (Wildman–Crippen MR) is 86.3 cm³/mol. The number of nitrogens with zero attached hydrogens (tertiary/aromatic N) is 2. The summed E-state index contributed by atoms with van der Waals surface area (Å²) in [5, 5.41) is 6.59. The number of hydrogen-bond donors (Lipinski definition) is 2. The molecule has 0 bridgehead atoms. The summed E-state index contributed by atoms with van der Waals surface area (Å²) in [7, 11) is 1.80. The third-order valence-electron chi connectivity index (χ3n) is 3.35. The van der Waals surface area contributed by atoms with Crippen molar-refractivity contribution < 1.29 is 0 Å². The highest BCUT2D eigenvalue weighted by Gasteiger charge is 2.06. The van der Waals surface area contributed by atoms with Gasteiger partial charge in [-0.1, -0.05) is 31.2 Å². The molecule has 2 N–H and O–H groups in total. The lowest BCUT2D eigenvalue weighted by atomic mass is 10.2. The van der Waals surface area contributed by atoms with Crippen LogP contribution in [-0.2, 0) is 6.54 Å². The molecule has 0 aliphatic carbocycles. The van der Waals surface area contributed by atoms with Crippen LogP contribution in [0.1, 0.15) is 18.9 Å². The van der Waals surface area contributed by atoms with Gasteiger partial charge < -0.3 is 15.5 Å². The van der Waals surface area contributed by atoms with Gasteiger partial charge in [0.05, 0.1) is 0 Å². The highest BCUT2D eigenvalue weighted by molar-refractivity contribution is 5.79. The molecule has 4 heteroatoms. The molecule has 0 saturated carbocycles. The number of benzene rings is 1. The first-order valence-corrected chi connectivity index (χ1v) is 7.27. The fourth-order valence-corrected chi connectivity index (χ4v) is 2.16. The van der Waals surface area contributed by atoms with Crippen LogP contribution in [0.4, 0.5) is 5.69 Å². The van der Waals surface area contributed by atoms with Gasteiger partial charge in [0, 0.05) is 38.9 Å². The van der Waals surface area contributed by atoms with Crippen molar-refractivity contribution in [3.05, 3.63) is 42.0 Å². The van der Waals surface area contributed by atoms with E-state index in [1.54, 1.807) is 7.05 Å². The number of nitrogens with one attached hydrogen (secondary N) is 2. The summed E-state index contributed by atoms with van der Waals surface area (Å²) in [6.07, 6.45) is 5.51. The molecule has 1 aliphatic rings. The highest BCUT2D eigenvalue weighted by Crippen LogP contribution is 2.17. The van der Waals surface area contributed by atoms with Crippen molar-refractivity contribution in [3.8, 4) is 0 Å². The molecule has 20 heavy (non-hydrogen) atoms. The van der Waals surface area contributed by atoms with Gasteiger partial charge in [-0.25, -0.2) is 0 Å². The van der Waals surface area contributed by atoms with Gasteiger partial charge in [0.2, 0.25) is 0 Å². The van der Waals surface area contributed by atoms with Crippen LogP contribution >= 0.6 is 0 Å². The normalized spacial score (nSPS) is 14.7. The third kappa shape index (κ3) is 4.02. The van der Waals surface area contributed by atoms with Crippen LogP contribution in [0.25, 0.3) is 0 Å². The lowest BCUT2D eigenvalue weighted by molar-refractivity contribution is 0.781. The first-order valence-electron chi connectivity index (χ1n) is 7.27. The minimum atomic E-state index is 0.794. The van der Waals surface area contributed by atoms with Gasteiger partial charge in [-0.15, -0.1) is 0 Å². The second kappa shape index (κ2) is 7.58. The Morgan fingerprint density at radius 2 is 1.85 bits per heavy atom. The van der Waals surface area contributed by atoms with Crippen LogP contribution in [-0.4, -0.2) is 32.6 Å². The molecule has 1 aliphatic heterocycles. The Labute approximate surface area is 121 Å². The van der Waals surface area contributed by atoms with E-state index in [4.69, 9.17) is 0 Å². The van der Waals surface area contributed by atoms with Gasteiger partial charge in [-0.2, -0.15) is 0 Å². The second-order valence-electron chi connectivity index (χ2n) is 4.90. The quantitative estimate of drug-likeness (QED) is 0.490. The van der Waals surface area contributed by atoms with Crippen LogP contribution in [0.5, 0.6) is 0 Å². The predicted octanol–water partition coefficient (Wildman–Crippen LogP) is 2.14. The maximum Gasteiger partial charge on any atom is 0.191 e. The summed E-state index contributed by atoms with van der Waals surface area (Å²) in [4.78, 5) is 6.55. The number of aliphatic imine (C=N–C) groups is 1. The number of rotatable bonds is 5. The van der Waals surface area contributed by atoms with Crippen LogP contribution in [0, 0.1) is 0 Å². The van der Waals surface area contributed by atoms with Crippen molar-refractivity contribution in [1.29, 1.82) is 0 Å². The van der Waals surface area contributed by atoms with E-state index in [1.807, 2.05) is 0 Å². The number of hydrogen-bond acceptors (Lipinski definition) is 2. The first kappa shape index (κ1) is 14.4. The molecule has 1 aromatic carbocycles. The monoisotopic (exact) mass is 272 g/mol. The summed E-state index contributed by atoms with van der Waals surface area (Å²) in [5.41, 5.74) is 2.55. The maximum atomic E-state index is 4.20. The van der Waals surface area contributed by atoms with E-state index in [9.17, 15) is 0 Å². The SMILES string of the molecule is CCCNC(=NC)NCc1ccc(N2CC=CC2)cc1. The zero-order valence-electron chi connectivity index (χ0n) is 12.4. The molecule has 0 fully saturated rings. The van der Waals surface area contributed by atoms with Crippen molar-refractivity contribution in [2.24, 2.45) is 4.99 Å². The molecule has 2 rings (SSSR count). The molecule has 1 aromatic rings. The Bertz CT molecular complexity index is 454. The van der Waals surface area contributed by atoms with Crippen molar-refractivity contribution in [2.45, 2.75) is 19.9 Å². The number of guanidine groups is 1. The van der Waals surface area contributed by atoms with Crippen molar-refractivity contribution in [2.75, 3.05) is 31.6 Å². The van der Waals surface area contributed by atoms with Gasteiger partial charge in [0.1, 0.15) is 0 Å². The molecular formula is C16H24N4. The highest BCUT2D eigenvalue weighted by atomic mass is 15.2. The molecule has 1 heterocycles. The molecule has 0 amide bonds. The molecule has 0 atom stereocenters. The van der Waals surface area contributed by atoms with E-state index in [-0.39, 0.29) is 0 Å². The van der Waals surface area contributed by atoms with E-state index in [2.05, 4.69) is 63.9 Å². The van der Waals surface area contributed by atoms with Gasteiger partial charge in [-0.05, 0) is 24.1 Å². The van der Waals surface area contributed by atoms with Crippen molar-refractivity contribution in [1.82, 2.24) is 10.6 Å². The summed E-state index contributed by atoms with van der Waals surface area (Å²) in [6.45, 7) is 5.92. The maximum absolute atomic E-state index is 4.20. The fourth-order valence-electron chi connectivity index (χ4n) is 2.16. The van der Waals surface area contributed by atoms with Crippen LogP contribution in [0.3, 0.4) is 0 Å². The van der Waals surface area contributed by atoms with Crippen molar-refractivity contribution >= 4 is 11.6 Å². The number of anilines is 1. The fraction of sp³-hybridized carbons (Fsp3) is 0.438. The van der Waals surface area contributed by atoms with Crippen LogP contribution < -0.4 is 15.5 Å².